The van der Waals surface area contributed by atoms with Crippen LogP contribution in [0, 0.1) is 0 Å². The predicted molar refractivity (Wildman–Crippen MR) is 99.6 cm³/mol. The van der Waals surface area contributed by atoms with Crippen LogP contribution in [0.5, 0.6) is 5.75 Å². The first-order valence-corrected chi connectivity index (χ1v) is 8.89. The standard InChI is InChI=1S/C19H16ClNO3S/c1-24-17-10-14(20)5-6-15(17)12-3-2-4-13(9-12)16(11-18(22)23)19-21-7-8-25-19/h2-10,16H,11H2,1H3,(H,22,23). The van der Waals surface area contributed by atoms with Crippen molar-refractivity contribution in [2.75, 3.05) is 7.11 Å². The number of halogens is 1. The quantitative estimate of drug-likeness (QED) is 0.654. The van der Waals surface area contributed by atoms with Gasteiger partial charge in [-0.25, -0.2) is 4.98 Å². The number of nitrogens with zero attached hydrogens (tertiary/aromatic N) is 1. The van der Waals surface area contributed by atoms with E-state index in [-0.39, 0.29) is 12.3 Å². The predicted octanol–water partition coefficient (Wildman–Crippen LogP) is 5.08. The molecule has 1 aromatic heterocycles. The van der Waals surface area contributed by atoms with E-state index in [1.54, 1.807) is 19.4 Å². The molecule has 0 aliphatic carbocycles. The summed E-state index contributed by atoms with van der Waals surface area (Å²) in [4.78, 5) is 15.6. The average Bonchev–Trinajstić information content (AvgIpc) is 3.13. The maximum atomic E-state index is 11.3. The largest absolute Gasteiger partial charge is 0.496 e. The van der Waals surface area contributed by atoms with Gasteiger partial charge in [-0.2, -0.15) is 0 Å². The number of rotatable bonds is 6. The van der Waals surface area contributed by atoms with Crippen LogP contribution in [0.1, 0.15) is 22.9 Å². The van der Waals surface area contributed by atoms with Gasteiger partial charge in [-0.3, -0.25) is 4.79 Å². The van der Waals surface area contributed by atoms with Gasteiger partial charge in [-0.1, -0.05) is 35.9 Å². The molecule has 128 valence electrons. The van der Waals surface area contributed by atoms with Crippen LogP contribution in [0.4, 0.5) is 0 Å². The molecule has 0 aliphatic heterocycles. The maximum Gasteiger partial charge on any atom is 0.304 e. The second-order valence-corrected chi connectivity index (χ2v) is 6.85. The van der Waals surface area contributed by atoms with Crippen molar-refractivity contribution in [1.29, 1.82) is 0 Å². The minimum absolute atomic E-state index is 0.00524. The normalized spacial score (nSPS) is 11.9. The number of aromatic nitrogens is 1. The van der Waals surface area contributed by atoms with E-state index in [9.17, 15) is 9.90 Å². The second-order valence-electron chi connectivity index (χ2n) is 5.49. The summed E-state index contributed by atoms with van der Waals surface area (Å²) in [6, 6.07) is 13.3. The molecule has 0 fully saturated rings. The molecular weight excluding hydrogens is 358 g/mol. The average molecular weight is 374 g/mol. The lowest BCUT2D eigenvalue weighted by atomic mass is 9.93. The Morgan fingerprint density at radius 1 is 1.32 bits per heavy atom. The first-order valence-electron chi connectivity index (χ1n) is 7.63. The van der Waals surface area contributed by atoms with Gasteiger partial charge < -0.3 is 9.84 Å². The molecule has 6 heteroatoms. The van der Waals surface area contributed by atoms with Crippen LogP contribution >= 0.6 is 22.9 Å². The molecule has 1 N–H and O–H groups in total. The highest BCUT2D eigenvalue weighted by Gasteiger charge is 2.21. The number of methoxy groups -OCH3 is 1. The van der Waals surface area contributed by atoms with E-state index < -0.39 is 5.97 Å². The number of carboxylic acids is 1. The SMILES string of the molecule is COc1cc(Cl)ccc1-c1cccc(C(CC(=O)O)c2nccs2)c1. The summed E-state index contributed by atoms with van der Waals surface area (Å²) in [5.74, 6) is -0.459. The molecule has 0 radical (unpaired) electrons. The molecular formula is C19H16ClNO3S. The number of thiazole rings is 1. The molecule has 25 heavy (non-hydrogen) atoms. The fraction of sp³-hybridized carbons (Fsp3) is 0.158. The smallest absolute Gasteiger partial charge is 0.304 e. The summed E-state index contributed by atoms with van der Waals surface area (Å²) in [5.41, 5.74) is 2.76. The van der Waals surface area contributed by atoms with Crippen LogP contribution in [0.3, 0.4) is 0 Å². The molecule has 1 atom stereocenters. The van der Waals surface area contributed by atoms with E-state index in [1.807, 2.05) is 41.8 Å². The Morgan fingerprint density at radius 2 is 2.16 bits per heavy atom. The number of benzene rings is 2. The van der Waals surface area contributed by atoms with Crippen LogP contribution < -0.4 is 4.74 Å². The molecule has 1 unspecified atom stereocenters. The third kappa shape index (κ3) is 4.00. The van der Waals surface area contributed by atoms with Crippen molar-refractivity contribution in [1.82, 2.24) is 4.98 Å². The molecule has 3 aromatic rings. The van der Waals surface area contributed by atoms with Gasteiger partial charge >= 0.3 is 5.97 Å². The van der Waals surface area contributed by atoms with E-state index in [2.05, 4.69) is 4.98 Å². The molecule has 1 heterocycles. The zero-order valence-corrected chi connectivity index (χ0v) is 15.1. The number of carbonyl (C=O) groups is 1. The maximum absolute atomic E-state index is 11.3. The summed E-state index contributed by atoms with van der Waals surface area (Å²) in [6.07, 6.45) is 1.69. The zero-order chi connectivity index (χ0) is 17.8. The van der Waals surface area contributed by atoms with Gasteiger partial charge in [-0.05, 0) is 29.3 Å². The van der Waals surface area contributed by atoms with Gasteiger partial charge in [0.25, 0.3) is 0 Å². The lowest BCUT2D eigenvalue weighted by Gasteiger charge is -2.15. The fourth-order valence-corrected chi connectivity index (χ4v) is 3.68. The van der Waals surface area contributed by atoms with Gasteiger partial charge in [0.05, 0.1) is 13.5 Å². The number of ether oxygens (including phenoxy) is 1. The summed E-state index contributed by atoms with van der Waals surface area (Å²) in [6.45, 7) is 0. The van der Waals surface area contributed by atoms with E-state index in [1.165, 1.54) is 11.3 Å². The van der Waals surface area contributed by atoms with E-state index in [0.29, 0.717) is 10.8 Å². The highest BCUT2D eigenvalue weighted by Crippen LogP contribution is 2.36. The van der Waals surface area contributed by atoms with Crippen molar-refractivity contribution in [3.63, 3.8) is 0 Å². The van der Waals surface area contributed by atoms with Crippen molar-refractivity contribution >= 4 is 28.9 Å². The first-order chi connectivity index (χ1) is 12.1. The lowest BCUT2D eigenvalue weighted by molar-refractivity contribution is -0.137. The Labute approximate surface area is 154 Å². The van der Waals surface area contributed by atoms with Crippen molar-refractivity contribution in [3.05, 3.63) is 69.6 Å². The molecule has 4 nitrogen and oxygen atoms in total. The summed E-state index contributed by atoms with van der Waals surface area (Å²) in [5, 5.41) is 12.5. The van der Waals surface area contributed by atoms with Crippen molar-refractivity contribution < 1.29 is 14.6 Å². The van der Waals surface area contributed by atoms with Gasteiger partial charge in [0.15, 0.2) is 0 Å². The molecule has 0 bridgehead atoms. The van der Waals surface area contributed by atoms with Crippen LogP contribution in [0.25, 0.3) is 11.1 Å². The minimum Gasteiger partial charge on any atom is -0.496 e. The lowest BCUT2D eigenvalue weighted by Crippen LogP contribution is -2.07. The van der Waals surface area contributed by atoms with Gasteiger partial charge in [0.1, 0.15) is 10.8 Å². The zero-order valence-electron chi connectivity index (χ0n) is 13.5. The Morgan fingerprint density at radius 3 is 2.84 bits per heavy atom. The highest BCUT2D eigenvalue weighted by atomic mass is 35.5. The van der Waals surface area contributed by atoms with Crippen molar-refractivity contribution in [2.24, 2.45) is 0 Å². The highest BCUT2D eigenvalue weighted by molar-refractivity contribution is 7.09. The number of hydrogen-bond acceptors (Lipinski definition) is 4. The van der Waals surface area contributed by atoms with Crippen LogP contribution in [0.15, 0.2) is 54.0 Å². The third-order valence-corrected chi connectivity index (χ3v) is 5.02. The summed E-state index contributed by atoms with van der Waals surface area (Å²) >= 11 is 7.50. The first kappa shape index (κ1) is 17.5. The number of carboxylic acid groups (broad SMARTS) is 1. The summed E-state index contributed by atoms with van der Waals surface area (Å²) < 4.78 is 5.43. The van der Waals surface area contributed by atoms with Crippen LogP contribution in [-0.4, -0.2) is 23.2 Å². The molecule has 2 aromatic carbocycles. The van der Waals surface area contributed by atoms with Gasteiger partial charge in [0, 0.05) is 28.1 Å². The second kappa shape index (κ2) is 7.68. The molecule has 0 amide bonds. The topological polar surface area (TPSA) is 59.4 Å². The Kier molecular flexibility index (Phi) is 5.36. The van der Waals surface area contributed by atoms with Crippen LogP contribution in [-0.2, 0) is 4.79 Å². The molecule has 0 spiro atoms. The fourth-order valence-electron chi connectivity index (χ4n) is 2.76. The van der Waals surface area contributed by atoms with Gasteiger partial charge in [0.2, 0.25) is 0 Å². The molecule has 0 saturated heterocycles. The monoisotopic (exact) mass is 373 g/mol. The van der Waals surface area contributed by atoms with E-state index >= 15 is 0 Å². The molecule has 3 rings (SSSR count). The van der Waals surface area contributed by atoms with Crippen molar-refractivity contribution in [3.8, 4) is 16.9 Å². The minimum atomic E-state index is -0.852. The van der Waals surface area contributed by atoms with Crippen LogP contribution in [0.2, 0.25) is 5.02 Å². The molecule has 0 aliphatic rings. The third-order valence-electron chi connectivity index (χ3n) is 3.89. The van der Waals surface area contributed by atoms with E-state index in [4.69, 9.17) is 16.3 Å². The summed E-state index contributed by atoms with van der Waals surface area (Å²) in [7, 11) is 1.60. The number of hydrogen-bond donors (Lipinski definition) is 1. The molecule has 0 saturated carbocycles. The Bertz CT molecular complexity index is 880. The van der Waals surface area contributed by atoms with Crippen molar-refractivity contribution in [2.45, 2.75) is 12.3 Å². The Hall–Kier alpha value is -2.37. The Balaban J connectivity index is 2.04. The number of aliphatic carboxylic acids is 1. The van der Waals surface area contributed by atoms with Gasteiger partial charge in [-0.15, -0.1) is 11.3 Å². The van der Waals surface area contributed by atoms with E-state index in [0.717, 1.165) is 21.7 Å².